The van der Waals surface area contributed by atoms with Crippen LogP contribution in [0.2, 0.25) is 0 Å². The molecule has 0 bridgehead atoms. The number of hydrogen-bond donors (Lipinski definition) is 1. The first-order chi connectivity index (χ1) is 11.7. The number of nitrogens with zero attached hydrogens (tertiary/aromatic N) is 2. The molecule has 5 heteroatoms. The Morgan fingerprint density at radius 3 is 2.54 bits per heavy atom. The Morgan fingerprint density at radius 2 is 1.88 bits per heavy atom. The van der Waals surface area contributed by atoms with Gasteiger partial charge in [0.2, 0.25) is 0 Å². The first-order valence-corrected chi connectivity index (χ1v) is 8.28. The molecule has 0 unspecified atom stereocenters. The first-order valence-electron chi connectivity index (χ1n) is 8.28. The molecule has 0 aliphatic rings. The van der Waals surface area contributed by atoms with Gasteiger partial charge in [0, 0.05) is 30.5 Å². The Balaban J connectivity index is 2.17. The van der Waals surface area contributed by atoms with Crippen molar-refractivity contribution in [3.63, 3.8) is 0 Å². The van der Waals surface area contributed by atoms with Crippen LogP contribution < -0.4 is 10.2 Å². The third-order valence-corrected chi connectivity index (χ3v) is 3.68. The van der Waals surface area contributed by atoms with E-state index in [-0.39, 0.29) is 17.5 Å². The maximum Gasteiger partial charge on any atom is 0.269 e. The molecular formula is C19H23N3O2. The maximum atomic E-state index is 12.8. The minimum absolute atomic E-state index is 0.145. The first kappa shape index (κ1) is 17.7. The second kappa shape index (κ2) is 8.82. The van der Waals surface area contributed by atoms with Crippen LogP contribution in [0.5, 0.6) is 0 Å². The third-order valence-electron chi connectivity index (χ3n) is 3.68. The zero-order chi connectivity index (χ0) is 17.4. The molecule has 5 nitrogen and oxygen atoms in total. The van der Waals surface area contributed by atoms with Crippen molar-refractivity contribution in [2.24, 2.45) is 0 Å². The number of para-hydroxylation sites is 1. The topological polar surface area (TPSA) is 62.3 Å². The highest BCUT2D eigenvalue weighted by Crippen LogP contribution is 2.16. The molecule has 0 radical (unpaired) electrons. The van der Waals surface area contributed by atoms with E-state index in [0.717, 1.165) is 18.5 Å². The van der Waals surface area contributed by atoms with E-state index in [4.69, 9.17) is 0 Å². The number of carbonyl (C=O) groups is 2. The monoisotopic (exact) mass is 325 g/mol. The molecule has 2 aromatic rings. The van der Waals surface area contributed by atoms with Crippen LogP contribution in [0.3, 0.4) is 0 Å². The van der Waals surface area contributed by atoms with Gasteiger partial charge in [-0.3, -0.25) is 14.6 Å². The molecule has 126 valence electrons. The third kappa shape index (κ3) is 4.41. The van der Waals surface area contributed by atoms with E-state index in [1.807, 2.05) is 37.3 Å². The molecule has 1 aromatic heterocycles. The van der Waals surface area contributed by atoms with Crippen LogP contribution in [0.15, 0.2) is 48.7 Å². The van der Waals surface area contributed by atoms with Crippen molar-refractivity contribution in [3.8, 4) is 0 Å². The molecule has 24 heavy (non-hydrogen) atoms. The van der Waals surface area contributed by atoms with E-state index in [9.17, 15) is 9.59 Å². The van der Waals surface area contributed by atoms with E-state index >= 15 is 0 Å². The zero-order valence-corrected chi connectivity index (χ0v) is 14.2. The molecule has 1 N–H and O–H groups in total. The van der Waals surface area contributed by atoms with Gasteiger partial charge >= 0.3 is 0 Å². The lowest BCUT2D eigenvalue weighted by Gasteiger charge is -2.21. The molecule has 1 aromatic carbocycles. The molecule has 1 heterocycles. The largest absolute Gasteiger partial charge is 0.351 e. The van der Waals surface area contributed by atoms with Gasteiger partial charge in [0.05, 0.1) is 0 Å². The maximum absolute atomic E-state index is 12.8. The standard InChI is InChI=1S/C19H23N3O2/c1-3-5-12-21-18(23)17-14-15(11-13-20-17)19(24)22(4-2)16-9-7-6-8-10-16/h6-11,13-14H,3-5,12H2,1-2H3,(H,21,23). The number of aromatic nitrogens is 1. The normalized spacial score (nSPS) is 10.2. The van der Waals surface area contributed by atoms with Crippen LogP contribution in [-0.4, -0.2) is 29.9 Å². The van der Waals surface area contributed by atoms with Crippen molar-refractivity contribution < 1.29 is 9.59 Å². The highest BCUT2D eigenvalue weighted by atomic mass is 16.2. The van der Waals surface area contributed by atoms with Crippen molar-refractivity contribution in [2.45, 2.75) is 26.7 Å². The van der Waals surface area contributed by atoms with Gasteiger partial charge in [-0.2, -0.15) is 0 Å². The summed E-state index contributed by atoms with van der Waals surface area (Å²) >= 11 is 0. The summed E-state index contributed by atoms with van der Waals surface area (Å²) in [5.41, 5.74) is 1.55. The minimum Gasteiger partial charge on any atom is -0.351 e. The molecule has 0 aliphatic carbocycles. The number of benzene rings is 1. The van der Waals surface area contributed by atoms with Gasteiger partial charge in [0.25, 0.3) is 11.8 Å². The van der Waals surface area contributed by atoms with Crippen LogP contribution in [0, 0.1) is 0 Å². The number of anilines is 1. The number of pyridine rings is 1. The lowest BCUT2D eigenvalue weighted by molar-refractivity contribution is 0.0948. The second-order valence-corrected chi connectivity index (χ2v) is 5.42. The molecule has 2 amide bonds. The molecule has 0 atom stereocenters. The van der Waals surface area contributed by atoms with Crippen LogP contribution >= 0.6 is 0 Å². The summed E-state index contributed by atoms with van der Waals surface area (Å²) in [6.07, 6.45) is 3.43. The molecule has 0 spiro atoms. The fourth-order valence-corrected chi connectivity index (χ4v) is 2.36. The van der Waals surface area contributed by atoms with E-state index in [0.29, 0.717) is 18.7 Å². The number of carbonyl (C=O) groups excluding carboxylic acids is 2. The number of unbranched alkanes of at least 4 members (excludes halogenated alkanes) is 1. The van der Waals surface area contributed by atoms with Crippen molar-refractivity contribution in [1.29, 1.82) is 0 Å². The number of nitrogens with one attached hydrogen (secondary N) is 1. The number of amides is 2. The Hall–Kier alpha value is -2.69. The zero-order valence-electron chi connectivity index (χ0n) is 14.2. The summed E-state index contributed by atoms with van der Waals surface area (Å²) in [5, 5.41) is 2.81. The van der Waals surface area contributed by atoms with Crippen LogP contribution in [-0.2, 0) is 0 Å². The molecule has 2 rings (SSSR count). The predicted molar refractivity (Wildman–Crippen MR) is 95.3 cm³/mol. The van der Waals surface area contributed by atoms with E-state index in [1.54, 1.807) is 17.0 Å². The lowest BCUT2D eigenvalue weighted by atomic mass is 10.1. The average Bonchev–Trinajstić information content (AvgIpc) is 2.63. The van der Waals surface area contributed by atoms with Crippen molar-refractivity contribution in [1.82, 2.24) is 10.3 Å². The smallest absolute Gasteiger partial charge is 0.269 e. The molecule has 0 saturated heterocycles. The Kier molecular flexibility index (Phi) is 6.49. The highest BCUT2D eigenvalue weighted by Gasteiger charge is 2.17. The second-order valence-electron chi connectivity index (χ2n) is 5.42. The minimum atomic E-state index is -0.249. The fraction of sp³-hybridized carbons (Fsp3) is 0.316. The van der Waals surface area contributed by atoms with Gasteiger partial charge in [-0.05, 0) is 37.6 Å². The van der Waals surface area contributed by atoms with Crippen LogP contribution in [0.4, 0.5) is 5.69 Å². The molecule has 0 saturated carbocycles. The molecular weight excluding hydrogens is 302 g/mol. The van der Waals surface area contributed by atoms with Gasteiger partial charge < -0.3 is 10.2 Å². The Labute approximate surface area is 142 Å². The summed E-state index contributed by atoms with van der Waals surface area (Å²) in [5.74, 6) is -0.394. The van der Waals surface area contributed by atoms with Gasteiger partial charge in [-0.1, -0.05) is 31.5 Å². The van der Waals surface area contributed by atoms with E-state index < -0.39 is 0 Å². The van der Waals surface area contributed by atoms with Gasteiger partial charge in [-0.15, -0.1) is 0 Å². The van der Waals surface area contributed by atoms with Crippen molar-refractivity contribution >= 4 is 17.5 Å². The summed E-state index contributed by atoms with van der Waals surface area (Å²) in [7, 11) is 0. The lowest BCUT2D eigenvalue weighted by Crippen LogP contribution is -2.31. The molecule has 0 aliphatic heterocycles. The molecule has 0 fully saturated rings. The van der Waals surface area contributed by atoms with Gasteiger partial charge in [0.15, 0.2) is 0 Å². The number of rotatable bonds is 7. The highest BCUT2D eigenvalue weighted by molar-refractivity contribution is 6.07. The fourth-order valence-electron chi connectivity index (χ4n) is 2.36. The van der Waals surface area contributed by atoms with Crippen LogP contribution in [0.25, 0.3) is 0 Å². The summed E-state index contributed by atoms with van der Waals surface area (Å²) in [4.78, 5) is 30.6. The Morgan fingerprint density at radius 1 is 1.12 bits per heavy atom. The summed E-state index contributed by atoms with van der Waals surface area (Å²) < 4.78 is 0. The van der Waals surface area contributed by atoms with E-state index in [1.165, 1.54) is 6.20 Å². The summed E-state index contributed by atoms with van der Waals surface area (Å²) in [6, 6.07) is 12.7. The SMILES string of the molecule is CCCCNC(=O)c1cc(C(=O)N(CC)c2ccccc2)ccn1. The van der Waals surface area contributed by atoms with E-state index in [2.05, 4.69) is 17.2 Å². The van der Waals surface area contributed by atoms with Crippen molar-refractivity contribution in [3.05, 3.63) is 59.9 Å². The Bertz CT molecular complexity index is 686. The van der Waals surface area contributed by atoms with Gasteiger partial charge in [-0.25, -0.2) is 0 Å². The quantitative estimate of drug-likeness (QED) is 0.795. The van der Waals surface area contributed by atoms with Crippen LogP contribution in [0.1, 0.15) is 47.5 Å². The number of hydrogen-bond acceptors (Lipinski definition) is 3. The average molecular weight is 325 g/mol. The van der Waals surface area contributed by atoms with Crippen molar-refractivity contribution in [2.75, 3.05) is 18.0 Å². The van der Waals surface area contributed by atoms with Gasteiger partial charge in [0.1, 0.15) is 5.69 Å². The predicted octanol–water partition coefficient (Wildman–Crippen LogP) is 3.28. The summed E-state index contributed by atoms with van der Waals surface area (Å²) in [6.45, 7) is 5.14.